The largest absolute Gasteiger partial charge is 0.354 e. The zero-order valence-electron chi connectivity index (χ0n) is 18.6. The summed E-state index contributed by atoms with van der Waals surface area (Å²) in [6.07, 6.45) is 0.288. The Labute approximate surface area is 175 Å². The molecule has 2 aromatic carbocycles. The van der Waals surface area contributed by atoms with E-state index in [1.165, 1.54) is 5.56 Å². The van der Waals surface area contributed by atoms with Crippen molar-refractivity contribution in [3.8, 4) is 0 Å². The molecule has 0 bridgehead atoms. The molecule has 0 saturated carbocycles. The molecule has 2 aromatic rings. The fraction of sp³-hybridized carbons (Fsp3) is 0.440. The number of aryl methyl sites for hydroxylation is 3. The first-order valence-corrected chi connectivity index (χ1v) is 10.4. The van der Waals surface area contributed by atoms with E-state index in [4.69, 9.17) is 0 Å². The molecular formula is C25H34N2O2. The van der Waals surface area contributed by atoms with E-state index in [0.29, 0.717) is 19.0 Å². The maximum atomic E-state index is 13.2. The summed E-state index contributed by atoms with van der Waals surface area (Å²) in [7, 11) is 0. The molecule has 4 heteroatoms. The van der Waals surface area contributed by atoms with E-state index in [1.807, 2.05) is 64.1 Å². The number of rotatable bonds is 8. The van der Waals surface area contributed by atoms with Crippen LogP contribution in [0.15, 0.2) is 42.5 Å². The van der Waals surface area contributed by atoms with Crippen LogP contribution in [0.4, 0.5) is 0 Å². The minimum Gasteiger partial charge on any atom is -0.354 e. The quantitative estimate of drug-likeness (QED) is 0.724. The van der Waals surface area contributed by atoms with Gasteiger partial charge < -0.3 is 10.2 Å². The molecule has 0 aliphatic heterocycles. The van der Waals surface area contributed by atoms with Gasteiger partial charge >= 0.3 is 0 Å². The SMILES string of the molecule is Cc1ccc(CN(C(=O)Cc2cc(C)cc(C)c2)[C@H](C)C(=O)NCC(C)C)cc1. The van der Waals surface area contributed by atoms with Crippen LogP contribution in [0.25, 0.3) is 0 Å². The molecule has 156 valence electrons. The lowest BCUT2D eigenvalue weighted by molar-refractivity contribution is -0.140. The van der Waals surface area contributed by atoms with Crippen molar-refractivity contribution < 1.29 is 9.59 Å². The number of benzene rings is 2. The van der Waals surface area contributed by atoms with Crippen LogP contribution in [0.2, 0.25) is 0 Å². The van der Waals surface area contributed by atoms with Crippen molar-refractivity contribution in [1.29, 1.82) is 0 Å². The van der Waals surface area contributed by atoms with E-state index in [1.54, 1.807) is 4.90 Å². The molecule has 2 amide bonds. The summed E-state index contributed by atoms with van der Waals surface area (Å²) in [5.74, 6) is 0.213. The van der Waals surface area contributed by atoms with E-state index in [2.05, 4.69) is 25.2 Å². The highest BCUT2D eigenvalue weighted by Crippen LogP contribution is 2.15. The van der Waals surface area contributed by atoms with Crippen molar-refractivity contribution in [2.45, 2.75) is 60.5 Å². The Balaban J connectivity index is 2.23. The van der Waals surface area contributed by atoms with Crippen LogP contribution in [0.3, 0.4) is 0 Å². The Morgan fingerprint density at radius 1 is 0.862 bits per heavy atom. The zero-order chi connectivity index (χ0) is 21.6. The molecule has 2 rings (SSSR count). The summed E-state index contributed by atoms with van der Waals surface area (Å²) in [6, 6.07) is 13.7. The molecule has 4 nitrogen and oxygen atoms in total. The van der Waals surface area contributed by atoms with Gasteiger partial charge in [-0.05, 0) is 44.7 Å². The average molecular weight is 395 g/mol. The highest BCUT2D eigenvalue weighted by molar-refractivity contribution is 5.88. The Kier molecular flexibility index (Phi) is 8.00. The smallest absolute Gasteiger partial charge is 0.242 e. The molecule has 0 aliphatic carbocycles. The Hall–Kier alpha value is -2.62. The normalized spacial score (nSPS) is 12.0. The lowest BCUT2D eigenvalue weighted by atomic mass is 10.0. The first-order valence-electron chi connectivity index (χ1n) is 10.4. The van der Waals surface area contributed by atoms with Crippen LogP contribution in [-0.4, -0.2) is 29.3 Å². The van der Waals surface area contributed by atoms with Gasteiger partial charge in [0.15, 0.2) is 0 Å². The number of hydrogen-bond donors (Lipinski definition) is 1. The summed E-state index contributed by atoms with van der Waals surface area (Å²) in [5, 5.41) is 2.96. The first-order chi connectivity index (χ1) is 13.7. The Morgan fingerprint density at radius 3 is 2.00 bits per heavy atom. The summed E-state index contributed by atoms with van der Waals surface area (Å²) in [6.45, 7) is 13.0. The number of carbonyl (C=O) groups is 2. The van der Waals surface area contributed by atoms with E-state index in [0.717, 1.165) is 22.3 Å². The molecular weight excluding hydrogens is 360 g/mol. The van der Waals surface area contributed by atoms with Gasteiger partial charge in [-0.25, -0.2) is 0 Å². The predicted octanol–water partition coefficient (Wildman–Crippen LogP) is 4.34. The van der Waals surface area contributed by atoms with Crippen LogP contribution in [0, 0.1) is 26.7 Å². The molecule has 1 atom stereocenters. The molecule has 0 saturated heterocycles. The maximum Gasteiger partial charge on any atom is 0.242 e. The molecule has 0 unspecified atom stereocenters. The third-order valence-electron chi connectivity index (χ3n) is 4.96. The number of nitrogens with one attached hydrogen (secondary N) is 1. The van der Waals surface area contributed by atoms with Crippen LogP contribution in [0.5, 0.6) is 0 Å². The summed E-state index contributed by atoms with van der Waals surface area (Å²) < 4.78 is 0. The molecule has 29 heavy (non-hydrogen) atoms. The van der Waals surface area contributed by atoms with Gasteiger partial charge in [0, 0.05) is 13.1 Å². The van der Waals surface area contributed by atoms with Crippen molar-refractivity contribution in [2.24, 2.45) is 5.92 Å². The first kappa shape index (κ1) is 22.7. The van der Waals surface area contributed by atoms with Gasteiger partial charge in [-0.2, -0.15) is 0 Å². The maximum absolute atomic E-state index is 13.2. The molecule has 0 fully saturated rings. The molecule has 0 radical (unpaired) electrons. The number of carbonyl (C=O) groups excluding carboxylic acids is 2. The zero-order valence-corrected chi connectivity index (χ0v) is 18.6. The van der Waals surface area contributed by atoms with Gasteiger partial charge in [0.1, 0.15) is 6.04 Å². The van der Waals surface area contributed by atoms with Gasteiger partial charge in [-0.1, -0.05) is 73.0 Å². The van der Waals surface area contributed by atoms with Crippen LogP contribution < -0.4 is 5.32 Å². The Bertz CT molecular complexity index is 820. The highest BCUT2D eigenvalue weighted by atomic mass is 16.2. The molecule has 0 aromatic heterocycles. The average Bonchev–Trinajstić information content (AvgIpc) is 2.64. The summed E-state index contributed by atoms with van der Waals surface area (Å²) in [4.78, 5) is 27.6. The van der Waals surface area contributed by atoms with Gasteiger partial charge in [0.2, 0.25) is 11.8 Å². The van der Waals surface area contributed by atoms with Crippen LogP contribution in [0.1, 0.15) is 48.6 Å². The third kappa shape index (κ3) is 7.04. The van der Waals surface area contributed by atoms with E-state index >= 15 is 0 Å². The molecule has 1 N–H and O–H groups in total. The number of amides is 2. The third-order valence-corrected chi connectivity index (χ3v) is 4.96. The topological polar surface area (TPSA) is 49.4 Å². The standard InChI is InChI=1S/C25H34N2O2/c1-17(2)15-26-25(29)21(6)27(16-22-9-7-18(3)8-10-22)24(28)14-23-12-19(4)11-20(5)13-23/h7-13,17,21H,14-16H2,1-6H3,(H,26,29)/t21-/m1/s1. The minimum absolute atomic E-state index is 0.0391. The fourth-order valence-electron chi connectivity index (χ4n) is 3.37. The van der Waals surface area contributed by atoms with Crippen molar-refractivity contribution >= 4 is 11.8 Å². The second-order valence-electron chi connectivity index (χ2n) is 8.49. The van der Waals surface area contributed by atoms with Crippen LogP contribution >= 0.6 is 0 Å². The minimum atomic E-state index is -0.534. The van der Waals surface area contributed by atoms with E-state index in [-0.39, 0.29) is 18.2 Å². The van der Waals surface area contributed by atoms with Gasteiger partial charge in [-0.15, -0.1) is 0 Å². The van der Waals surface area contributed by atoms with Crippen molar-refractivity contribution in [2.75, 3.05) is 6.54 Å². The lowest BCUT2D eigenvalue weighted by Gasteiger charge is -2.29. The van der Waals surface area contributed by atoms with Crippen LogP contribution in [-0.2, 0) is 22.6 Å². The molecule has 0 aliphatic rings. The Morgan fingerprint density at radius 2 is 1.45 bits per heavy atom. The summed E-state index contributed by atoms with van der Waals surface area (Å²) >= 11 is 0. The van der Waals surface area contributed by atoms with Gasteiger partial charge in [0.05, 0.1) is 6.42 Å². The van der Waals surface area contributed by atoms with E-state index < -0.39 is 6.04 Å². The molecule has 0 spiro atoms. The van der Waals surface area contributed by atoms with Gasteiger partial charge in [-0.3, -0.25) is 9.59 Å². The predicted molar refractivity (Wildman–Crippen MR) is 119 cm³/mol. The van der Waals surface area contributed by atoms with Crippen molar-refractivity contribution in [3.63, 3.8) is 0 Å². The highest BCUT2D eigenvalue weighted by Gasteiger charge is 2.26. The monoisotopic (exact) mass is 394 g/mol. The number of nitrogens with zero attached hydrogens (tertiary/aromatic N) is 1. The lowest BCUT2D eigenvalue weighted by Crippen LogP contribution is -2.48. The summed E-state index contributed by atoms with van der Waals surface area (Å²) in [5.41, 5.74) is 5.45. The van der Waals surface area contributed by atoms with Gasteiger partial charge in [0.25, 0.3) is 0 Å². The fourth-order valence-corrected chi connectivity index (χ4v) is 3.37. The molecule has 0 heterocycles. The van der Waals surface area contributed by atoms with Crippen molar-refractivity contribution in [1.82, 2.24) is 10.2 Å². The second-order valence-corrected chi connectivity index (χ2v) is 8.49. The second kappa shape index (κ2) is 10.2. The van der Waals surface area contributed by atoms with E-state index in [9.17, 15) is 9.59 Å². The number of hydrogen-bond acceptors (Lipinski definition) is 2. The van der Waals surface area contributed by atoms with Crippen molar-refractivity contribution in [3.05, 3.63) is 70.3 Å².